The van der Waals surface area contributed by atoms with E-state index in [1.54, 1.807) is 28.6 Å². The molecule has 0 radical (unpaired) electrons. The highest BCUT2D eigenvalue weighted by atomic mass is 32.2. The lowest BCUT2D eigenvalue weighted by Crippen LogP contribution is -2.48. The predicted molar refractivity (Wildman–Crippen MR) is 107 cm³/mol. The van der Waals surface area contributed by atoms with Gasteiger partial charge in [0.2, 0.25) is 10.0 Å². The SMILES string of the molecule is CCOc1ccccc1S(=O)(=O)N1CCN(Cc2cnc3ccccn23)CC1. The quantitative estimate of drug-likeness (QED) is 0.635. The third-order valence-electron chi connectivity index (χ3n) is 4.98. The van der Waals surface area contributed by atoms with Crippen molar-refractivity contribution >= 4 is 15.7 Å². The van der Waals surface area contributed by atoms with Crippen molar-refractivity contribution in [3.8, 4) is 5.75 Å². The normalized spacial score (nSPS) is 16.5. The van der Waals surface area contributed by atoms with E-state index in [1.165, 1.54) is 0 Å². The zero-order chi connectivity index (χ0) is 19.6. The maximum Gasteiger partial charge on any atom is 0.246 e. The van der Waals surface area contributed by atoms with Crippen molar-refractivity contribution in [1.82, 2.24) is 18.6 Å². The lowest BCUT2D eigenvalue weighted by Gasteiger charge is -2.34. The number of pyridine rings is 1. The van der Waals surface area contributed by atoms with Gasteiger partial charge in [-0.25, -0.2) is 13.4 Å². The van der Waals surface area contributed by atoms with Crippen LogP contribution in [0.15, 0.2) is 59.8 Å². The molecule has 2 aromatic heterocycles. The Morgan fingerprint density at radius 3 is 2.57 bits per heavy atom. The van der Waals surface area contributed by atoms with Crippen molar-refractivity contribution in [3.05, 3.63) is 60.6 Å². The van der Waals surface area contributed by atoms with Crippen LogP contribution < -0.4 is 4.74 Å². The Bertz CT molecular complexity index is 1060. The first-order chi connectivity index (χ1) is 13.6. The summed E-state index contributed by atoms with van der Waals surface area (Å²) < 4.78 is 35.3. The van der Waals surface area contributed by atoms with Crippen LogP contribution in [0.25, 0.3) is 5.65 Å². The largest absolute Gasteiger partial charge is 0.492 e. The second-order valence-corrected chi connectivity index (χ2v) is 8.64. The molecule has 0 spiro atoms. The van der Waals surface area contributed by atoms with E-state index in [0.717, 1.165) is 17.9 Å². The summed E-state index contributed by atoms with van der Waals surface area (Å²) >= 11 is 0. The number of para-hydroxylation sites is 1. The summed E-state index contributed by atoms with van der Waals surface area (Å²) in [6.07, 6.45) is 3.89. The van der Waals surface area contributed by atoms with Gasteiger partial charge >= 0.3 is 0 Å². The van der Waals surface area contributed by atoms with Gasteiger partial charge < -0.3 is 9.14 Å². The van der Waals surface area contributed by atoms with Gasteiger partial charge in [-0.1, -0.05) is 18.2 Å². The zero-order valence-electron chi connectivity index (χ0n) is 15.9. The summed E-state index contributed by atoms with van der Waals surface area (Å²) in [6.45, 7) is 5.29. The van der Waals surface area contributed by atoms with Crippen LogP contribution in [0, 0.1) is 0 Å². The minimum atomic E-state index is -3.57. The summed E-state index contributed by atoms with van der Waals surface area (Å²) in [6, 6.07) is 12.8. The standard InChI is InChI=1S/C20H24N4O3S/c1-2-27-18-7-3-4-8-19(18)28(25,26)23-13-11-22(12-14-23)16-17-15-21-20-9-5-6-10-24(17)20/h3-10,15H,2,11-14,16H2,1H3. The molecule has 1 aromatic carbocycles. The highest BCUT2D eigenvalue weighted by molar-refractivity contribution is 7.89. The third-order valence-corrected chi connectivity index (χ3v) is 6.92. The number of rotatable bonds is 6. The first-order valence-corrected chi connectivity index (χ1v) is 10.9. The molecule has 1 aliphatic rings. The molecule has 1 saturated heterocycles. The average Bonchev–Trinajstić information content (AvgIpc) is 3.12. The van der Waals surface area contributed by atoms with Crippen molar-refractivity contribution in [2.45, 2.75) is 18.4 Å². The van der Waals surface area contributed by atoms with Gasteiger partial charge in [0.15, 0.2) is 0 Å². The molecule has 4 rings (SSSR count). The number of imidazole rings is 1. The molecule has 0 amide bonds. The summed E-state index contributed by atoms with van der Waals surface area (Å²) in [7, 11) is -3.57. The molecular formula is C20H24N4O3S. The number of ether oxygens (including phenoxy) is 1. The Kier molecular flexibility index (Phi) is 5.34. The molecule has 0 saturated carbocycles. The Balaban J connectivity index is 1.45. The lowest BCUT2D eigenvalue weighted by molar-refractivity contribution is 0.179. The zero-order valence-corrected chi connectivity index (χ0v) is 16.7. The van der Waals surface area contributed by atoms with Crippen molar-refractivity contribution in [2.75, 3.05) is 32.8 Å². The van der Waals surface area contributed by atoms with E-state index in [9.17, 15) is 8.42 Å². The Labute approximate surface area is 165 Å². The molecule has 0 aliphatic carbocycles. The molecular weight excluding hydrogens is 376 g/mol. The van der Waals surface area contributed by atoms with E-state index >= 15 is 0 Å². The van der Waals surface area contributed by atoms with Crippen molar-refractivity contribution in [3.63, 3.8) is 0 Å². The fourth-order valence-electron chi connectivity index (χ4n) is 3.54. The number of benzene rings is 1. The smallest absolute Gasteiger partial charge is 0.246 e. The number of piperazine rings is 1. The predicted octanol–water partition coefficient (Wildman–Crippen LogP) is 2.24. The maximum atomic E-state index is 13.1. The van der Waals surface area contributed by atoms with Crippen LogP contribution in [0.5, 0.6) is 5.75 Å². The Hall–Kier alpha value is -2.42. The van der Waals surface area contributed by atoms with E-state index in [2.05, 4.69) is 14.3 Å². The van der Waals surface area contributed by atoms with Gasteiger partial charge in [0, 0.05) is 38.9 Å². The van der Waals surface area contributed by atoms with Gasteiger partial charge in [-0.15, -0.1) is 0 Å². The van der Waals surface area contributed by atoms with Gasteiger partial charge in [-0.05, 0) is 31.2 Å². The van der Waals surface area contributed by atoms with E-state index < -0.39 is 10.0 Å². The number of fused-ring (bicyclic) bond motifs is 1. The third kappa shape index (κ3) is 3.63. The molecule has 3 aromatic rings. The second-order valence-electron chi connectivity index (χ2n) is 6.74. The van der Waals surface area contributed by atoms with Crippen LogP contribution in [-0.2, 0) is 16.6 Å². The first-order valence-electron chi connectivity index (χ1n) is 9.45. The molecule has 1 aliphatic heterocycles. The minimum Gasteiger partial charge on any atom is -0.492 e. The van der Waals surface area contributed by atoms with Crippen molar-refractivity contribution in [2.24, 2.45) is 0 Å². The number of hydrogen-bond acceptors (Lipinski definition) is 5. The minimum absolute atomic E-state index is 0.243. The van der Waals surface area contributed by atoms with Gasteiger partial charge in [-0.2, -0.15) is 4.31 Å². The van der Waals surface area contributed by atoms with Gasteiger partial charge in [0.25, 0.3) is 0 Å². The van der Waals surface area contributed by atoms with Crippen LogP contribution in [0.4, 0.5) is 0 Å². The summed E-state index contributed by atoms with van der Waals surface area (Å²) in [5.74, 6) is 0.415. The highest BCUT2D eigenvalue weighted by Crippen LogP contribution is 2.27. The van der Waals surface area contributed by atoms with E-state index in [4.69, 9.17) is 4.74 Å². The van der Waals surface area contributed by atoms with Crippen LogP contribution in [0.2, 0.25) is 0 Å². The number of aromatic nitrogens is 2. The Morgan fingerprint density at radius 2 is 1.79 bits per heavy atom. The molecule has 28 heavy (non-hydrogen) atoms. The van der Waals surface area contributed by atoms with E-state index in [0.29, 0.717) is 38.5 Å². The molecule has 3 heterocycles. The van der Waals surface area contributed by atoms with Crippen molar-refractivity contribution < 1.29 is 13.2 Å². The van der Waals surface area contributed by atoms with Crippen LogP contribution in [0.3, 0.4) is 0 Å². The Morgan fingerprint density at radius 1 is 1.04 bits per heavy atom. The van der Waals surface area contributed by atoms with Gasteiger partial charge in [0.05, 0.1) is 18.5 Å². The van der Waals surface area contributed by atoms with E-state index in [1.807, 2.05) is 37.5 Å². The van der Waals surface area contributed by atoms with Crippen LogP contribution in [-0.4, -0.2) is 59.8 Å². The summed E-state index contributed by atoms with van der Waals surface area (Å²) in [5, 5.41) is 0. The topological polar surface area (TPSA) is 67.2 Å². The number of hydrogen-bond donors (Lipinski definition) is 0. The van der Waals surface area contributed by atoms with Crippen LogP contribution in [0.1, 0.15) is 12.6 Å². The molecule has 0 bridgehead atoms. The number of nitrogens with zero attached hydrogens (tertiary/aromatic N) is 4. The summed E-state index contributed by atoms with van der Waals surface area (Å²) in [4.78, 5) is 6.92. The average molecular weight is 401 g/mol. The molecule has 8 heteroatoms. The molecule has 0 atom stereocenters. The first kappa shape index (κ1) is 18.9. The van der Waals surface area contributed by atoms with Gasteiger partial charge in [0.1, 0.15) is 16.3 Å². The monoisotopic (exact) mass is 400 g/mol. The fraction of sp³-hybridized carbons (Fsp3) is 0.350. The maximum absolute atomic E-state index is 13.1. The highest BCUT2D eigenvalue weighted by Gasteiger charge is 2.30. The van der Waals surface area contributed by atoms with Crippen molar-refractivity contribution in [1.29, 1.82) is 0 Å². The molecule has 148 valence electrons. The van der Waals surface area contributed by atoms with Crippen LogP contribution >= 0.6 is 0 Å². The molecule has 0 unspecified atom stereocenters. The lowest BCUT2D eigenvalue weighted by atomic mass is 10.3. The molecule has 0 N–H and O–H groups in total. The van der Waals surface area contributed by atoms with E-state index in [-0.39, 0.29) is 4.90 Å². The summed E-state index contributed by atoms with van der Waals surface area (Å²) in [5.41, 5.74) is 2.03. The second kappa shape index (κ2) is 7.90. The molecule has 7 nitrogen and oxygen atoms in total. The van der Waals surface area contributed by atoms with Gasteiger partial charge in [-0.3, -0.25) is 4.90 Å². The number of sulfonamides is 1. The fourth-order valence-corrected chi connectivity index (χ4v) is 5.09. The molecule has 1 fully saturated rings.